The van der Waals surface area contributed by atoms with Crippen molar-refractivity contribution in [2.75, 3.05) is 7.11 Å². The van der Waals surface area contributed by atoms with Crippen LogP contribution in [0.15, 0.2) is 42.5 Å². The SMILES string of the molecule is C/C=C\C=C(/Cl)c1ccc(OC)cc1. The highest BCUT2D eigenvalue weighted by molar-refractivity contribution is 6.48. The number of hydrogen-bond acceptors (Lipinski definition) is 1. The van der Waals surface area contributed by atoms with Gasteiger partial charge in [-0.15, -0.1) is 0 Å². The van der Waals surface area contributed by atoms with Crippen molar-refractivity contribution in [3.05, 3.63) is 48.1 Å². The highest BCUT2D eigenvalue weighted by atomic mass is 35.5. The van der Waals surface area contributed by atoms with Crippen LogP contribution in [0.2, 0.25) is 0 Å². The van der Waals surface area contributed by atoms with Crippen molar-refractivity contribution in [2.45, 2.75) is 6.92 Å². The van der Waals surface area contributed by atoms with Crippen LogP contribution in [0.25, 0.3) is 5.03 Å². The molecule has 0 spiro atoms. The predicted molar refractivity (Wildman–Crippen MR) is 61.6 cm³/mol. The van der Waals surface area contributed by atoms with Crippen molar-refractivity contribution < 1.29 is 4.74 Å². The van der Waals surface area contributed by atoms with Crippen LogP contribution in [0.5, 0.6) is 5.75 Å². The predicted octanol–water partition coefficient (Wildman–Crippen LogP) is 3.85. The average Bonchev–Trinajstić information content (AvgIpc) is 2.26. The summed E-state index contributed by atoms with van der Waals surface area (Å²) in [5.41, 5.74) is 0.991. The van der Waals surface area contributed by atoms with Crippen LogP contribution in [0.4, 0.5) is 0 Å². The van der Waals surface area contributed by atoms with Gasteiger partial charge in [-0.3, -0.25) is 0 Å². The number of halogens is 1. The average molecular weight is 209 g/mol. The van der Waals surface area contributed by atoms with E-state index < -0.39 is 0 Å². The van der Waals surface area contributed by atoms with E-state index in [2.05, 4.69) is 0 Å². The van der Waals surface area contributed by atoms with Crippen LogP contribution < -0.4 is 4.74 Å². The standard InChI is InChI=1S/C12H13ClO/c1-3-4-5-12(13)10-6-8-11(14-2)9-7-10/h3-9H,1-2H3/b4-3-,12-5-. The first-order valence-electron chi connectivity index (χ1n) is 4.41. The lowest BCUT2D eigenvalue weighted by molar-refractivity contribution is 0.415. The van der Waals surface area contributed by atoms with E-state index in [4.69, 9.17) is 16.3 Å². The molecule has 0 aliphatic rings. The molecule has 0 N–H and O–H groups in total. The minimum Gasteiger partial charge on any atom is -0.497 e. The van der Waals surface area contributed by atoms with Crippen molar-refractivity contribution in [1.29, 1.82) is 0 Å². The molecule has 0 radical (unpaired) electrons. The van der Waals surface area contributed by atoms with Gasteiger partial charge in [0.1, 0.15) is 5.75 Å². The molecule has 2 heteroatoms. The number of benzene rings is 1. The van der Waals surface area contributed by atoms with Gasteiger partial charge < -0.3 is 4.74 Å². The molecule has 14 heavy (non-hydrogen) atoms. The topological polar surface area (TPSA) is 9.23 Å². The van der Waals surface area contributed by atoms with Gasteiger partial charge >= 0.3 is 0 Å². The second-order valence-electron chi connectivity index (χ2n) is 2.77. The summed E-state index contributed by atoms with van der Waals surface area (Å²) >= 11 is 6.05. The maximum atomic E-state index is 6.05. The number of hydrogen-bond donors (Lipinski definition) is 0. The molecule has 0 aliphatic carbocycles. The Morgan fingerprint density at radius 1 is 1.29 bits per heavy atom. The van der Waals surface area contributed by atoms with Gasteiger partial charge in [-0.1, -0.05) is 23.8 Å². The van der Waals surface area contributed by atoms with Gasteiger partial charge in [0.2, 0.25) is 0 Å². The lowest BCUT2D eigenvalue weighted by Gasteiger charge is -2.01. The Morgan fingerprint density at radius 2 is 1.93 bits per heavy atom. The molecule has 1 aromatic carbocycles. The molecule has 0 aromatic heterocycles. The second kappa shape index (κ2) is 5.51. The molecular formula is C12H13ClO. The summed E-state index contributed by atoms with van der Waals surface area (Å²) in [5, 5.41) is 0.728. The van der Waals surface area contributed by atoms with E-state index in [1.54, 1.807) is 7.11 Å². The van der Waals surface area contributed by atoms with E-state index in [0.717, 1.165) is 16.3 Å². The first-order valence-corrected chi connectivity index (χ1v) is 4.78. The molecule has 0 bridgehead atoms. The maximum absolute atomic E-state index is 6.05. The molecule has 0 heterocycles. The summed E-state index contributed by atoms with van der Waals surface area (Å²) in [4.78, 5) is 0. The fourth-order valence-corrected chi connectivity index (χ4v) is 1.23. The minimum absolute atomic E-state index is 0.728. The van der Waals surface area contributed by atoms with Crippen LogP contribution in [0.3, 0.4) is 0 Å². The van der Waals surface area contributed by atoms with Crippen LogP contribution in [0.1, 0.15) is 12.5 Å². The van der Waals surface area contributed by atoms with Crippen molar-refractivity contribution in [2.24, 2.45) is 0 Å². The molecule has 1 rings (SSSR count). The number of rotatable bonds is 3. The van der Waals surface area contributed by atoms with E-state index in [1.165, 1.54) is 0 Å². The zero-order chi connectivity index (χ0) is 10.4. The van der Waals surface area contributed by atoms with E-state index in [1.807, 2.05) is 49.4 Å². The molecule has 0 saturated heterocycles. The fraction of sp³-hybridized carbons (Fsp3) is 0.167. The monoisotopic (exact) mass is 208 g/mol. The highest BCUT2D eigenvalue weighted by Crippen LogP contribution is 2.21. The van der Waals surface area contributed by atoms with Gasteiger partial charge in [-0.2, -0.15) is 0 Å². The van der Waals surface area contributed by atoms with E-state index >= 15 is 0 Å². The van der Waals surface area contributed by atoms with E-state index in [9.17, 15) is 0 Å². The summed E-state index contributed by atoms with van der Waals surface area (Å²) in [6, 6.07) is 7.64. The quantitative estimate of drug-likeness (QED) is 0.686. The Labute approximate surface area is 89.7 Å². The Hall–Kier alpha value is -1.21. The third kappa shape index (κ3) is 2.93. The summed E-state index contributed by atoms with van der Waals surface area (Å²) in [6.45, 7) is 1.95. The summed E-state index contributed by atoms with van der Waals surface area (Å²) in [6.07, 6.45) is 5.71. The fourth-order valence-electron chi connectivity index (χ4n) is 1.03. The van der Waals surface area contributed by atoms with Gasteiger partial charge in [0.25, 0.3) is 0 Å². The van der Waals surface area contributed by atoms with Gasteiger partial charge in [0.15, 0.2) is 0 Å². The molecule has 74 valence electrons. The minimum atomic E-state index is 0.728. The van der Waals surface area contributed by atoms with Crippen LogP contribution in [-0.2, 0) is 0 Å². The molecule has 1 nitrogen and oxygen atoms in total. The van der Waals surface area contributed by atoms with Crippen LogP contribution >= 0.6 is 11.6 Å². The third-order valence-electron chi connectivity index (χ3n) is 1.80. The van der Waals surface area contributed by atoms with Crippen molar-refractivity contribution in [3.63, 3.8) is 0 Å². The molecule has 1 aromatic rings. The molecule has 0 aliphatic heterocycles. The number of methoxy groups -OCH3 is 1. The van der Waals surface area contributed by atoms with Gasteiger partial charge in [-0.05, 0) is 42.8 Å². The van der Waals surface area contributed by atoms with Gasteiger partial charge in [0.05, 0.1) is 7.11 Å². The zero-order valence-corrected chi connectivity index (χ0v) is 9.08. The summed E-state index contributed by atoms with van der Waals surface area (Å²) in [7, 11) is 1.65. The smallest absolute Gasteiger partial charge is 0.118 e. The molecular weight excluding hydrogens is 196 g/mol. The lowest BCUT2D eigenvalue weighted by atomic mass is 10.2. The molecule has 0 amide bonds. The first-order chi connectivity index (χ1) is 6.77. The van der Waals surface area contributed by atoms with Crippen LogP contribution in [0, 0.1) is 0 Å². The van der Waals surface area contributed by atoms with Crippen molar-refractivity contribution >= 4 is 16.6 Å². The maximum Gasteiger partial charge on any atom is 0.118 e. The lowest BCUT2D eigenvalue weighted by Crippen LogP contribution is -1.82. The van der Waals surface area contributed by atoms with E-state index in [-0.39, 0.29) is 0 Å². The van der Waals surface area contributed by atoms with Crippen molar-refractivity contribution in [1.82, 2.24) is 0 Å². The number of allylic oxidation sites excluding steroid dienone is 3. The Morgan fingerprint density at radius 3 is 2.43 bits per heavy atom. The summed E-state index contributed by atoms with van der Waals surface area (Å²) in [5.74, 6) is 0.837. The Balaban J connectivity index is 2.86. The molecule has 0 unspecified atom stereocenters. The largest absolute Gasteiger partial charge is 0.497 e. The Kier molecular flexibility index (Phi) is 4.27. The Bertz CT molecular complexity index is 336. The number of ether oxygens (including phenoxy) is 1. The van der Waals surface area contributed by atoms with E-state index in [0.29, 0.717) is 0 Å². The van der Waals surface area contributed by atoms with Crippen LogP contribution in [-0.4, -0.2) is 7.11 Å². The normalized spacial score (nSPS) is 12.1. The van der Waals surface area contributed by atoms with Gasteiger partial charge in [0, 0.05) is 5.03 Å². The molecule has 0 fully saturated rings. The second-order valence-corrected chi connectivity index (χ2v) is 3.18. The summed E-state index contributed by atoms with van der Waals surface area (Å²) < 4.78 is 5.05. The molecule has 0 atom stereocenters. The van der Waals surface area contributed by atoms with Crippen molar-refractivity contribution in [3.8, 4) is 5.75 Å². The molecule has 0 saturated carbocycles. The van der Waals surface area contributed by atoms with Gasteiger partial charge in [-0.25, -0.2) is 0 Å². The zero-order valence-electron chi connectivity index (χ0n) is 8.33. The highest BCUT2D eigenvalue weighted by Gasteiger charge is 1.96. The first kappa shape index (κ1) is 10.9. The third-order valence-corrected chi connectivity index (χ3v) is 2.15.